The topological polar surface area (TPSA) is 70.1 Å². The Balaban J connectivity index is 2.36. The molecule has 0 radical (unpaired) electrons. The Hall–Kier alpha value is -1.52. The molecule has 1 aromatic rings. The van der Waals surface area contributed by atoms with Crippen LogP contribution in [0, 0.1) is 6.92 Å². The molecule has 2 N–H and O–H groups in total. The molecule has 1 saturated carbocycles. The Morgan fingerprint density at radius 3 is 2.73 bits per heavy atom. The van der Waals surface area contributed by atoms with Crippen LogP contribution in [0.3, 0.4) is 0 Å². The molecule has 5 heteroatoms. The molecule has 0 saturated heterocycles. The number of rotatable bonds is 2. The zero-order valence-corrected chi connectivity index (χ0v) is 8.99. The molecule has 1 fully saturated rings. The third-order valence-corrected chi connectivity index (χ3v) is 2.99. The lowest BCUT2D eigenvalue weighted by atomic mass is 9.93. The van der Waals surface area contributed by atoms with Gasteiger partial charge in [0, 0.05) is 5.56 Å². The van der Waals surface area contributed by atoms with Crippen molar-refractivity contribution in [3.05, 3.63) is 11.3 Å². The lowest BCUT2D eigenvalue weighted by Gasteiger charge is -2.26. The van der Waals surface area contributed by atoms with E-state index < -0.39 is 5.97 Å². The molecule has 0 aliphatic heterocycles. The molecular formula is C10H15N3O2. The van der Waals surface area contributed by atoms with E-state index in [-0.39, 0.29) is 0 Å². The number of anilines is 1. The van der Waals surface area contributed by atoms with Gasteiger partial charge in [-0.25, -0.2) is 9.48 Å². The number of hydrogen-bond acceptors (Lipinski definition) is 4. The molecule has 82 valence electrons. The third-order valence-electron chi connectivity index (χ3n) is 2.99. The molecule has 1 aromatic heterocycles. The average Bonchev–Trinajstić information content (AvgIpc) is 2.43. The van der Waals surface area contributed by atoms with Gasteiger partial charge in [-0.05, 0) is 26.2 Å². The quantitative estimate of drug-likeness (QED) is 0.745. The van der Waals surface area contributed by atoms with E-state index in [9.17, 15) is 4.79 Å². The number of carbonyl (C=O) groups is 1. The van der Waals surface area contributed by atoms with Gasteiger partial charge < -0.3 is 10.5 Å². The molecule has 0 atom stereocenters. The predicted octanol–water partition coefficient (Wildman–Crippen LogP) is 1.29. The van der Waals surface area contributed by atoms with E-state index >= 15 is 0 Å². The summed E-state index contributed by atoms with van der Waals surface area (Å²) in [4.78, 5) is 11.4. The number of methoxy groups -OCH3 is 1. The van der Waals surface area contributed by atoms with Crippen LogP contribution in [0.5, 0.6) is 0 Å². The number of nitrogen functional groups attached to an aromatic ring is 1. The van der Waals surface area contributed by atoms with E-state index in [0.717, 1.165) is 12.8 Å². The monoisotopic (exact) mass is 209 g/mol. The maximum absolute atomic E-state index is 11.4. The number of esters is 1. The van der Waals surface area contributed by atoms with Crippen LogP contribution >= 0.6 is 0 Å². The molecule has 0 aromatic carbocycles. The Morgan fingerprint density at radius 2 is 2.27 bits per heavy atom. The van der Waals surface area contributed by atoms with E-state index in [0.29, 0.717) is 23.1 Å². The van der Waals surface area contributed by atoms with E-state index in [1.54, 1.807) is 11.6 Å². The zero-order chi connectivity index (χ0) is 11.0. The smallest absolute Gasteiger partial charge is 0.358 e. The first-order valence-electron chi connectivity index (χ1n) is 5.08. The number of hydrogen-bond donors (Lipinski definition) is 1. The minimum atomic E-state index is -0.419. The number of ether oxygens (including phenoxy) is 1. The number of nitrogens with zero attached hydrogens (tertiary/aromatic N) is 2. The molecular weight excluding hydrogens is 194 g/mol. The third kappa shape index (κ3) is 1.48. The van der Waals surface area contributed by atoms with Gasteiger partial charge in [0.1, 0.15) is 5.82 Å². The van der Waals surface area contributed by atoms with Crippen LogP contribution in [0.15, 0.2) is 0 Å². The summed E-state index contributed by atoms with van der Waals surface area (Å²) in [6.07, 6.45) is 3.38. The van der Waals surface area contributed by atoms with Crippen LogP contribution < -0.4 is 5.73 Å². The highest BCUT2D eigenvalue weighted by Crippen LogP contribution is 2.34. The average molecular weight is 209 g/mol. The second-order valence-corrected chi connectivity index (χ2v) is 3.88. The molecule has 1 aliphatic carbocycles. The van der Waals surface area contributed by atoms with E-state index in [2.05, 4.69) is 9.84 Å². The second-order valence-electron chi connectivity index (χ2n) is 3.88. The van der Waals surface area contributed by atoms with Crippen molar-refractivity contribution in [3.63, 3.8) is 0 Å². The largest absolute Gasteiger partial charge is 0.464 e. The summed E-state index contributed by atoms with van der Waals surface area (Å²) in [5.41, 5.74) is 6.95. The summed E-state index contributed by atoms with van der Waals surface area (Å²) in [5, 5.41) is 4.22. The van der Waals surface area contributed by atoms with Crippen LogP contribution in [-0.2, 0) is 4.74 Å². The minimum Gasteiger partial charge on any atom is -0.464 e. The Morgan fingerprint density at radius 1 is 1.60 bits per heavy atom. The Bertz CT molecular complexity index is 394. The van der Waals surface area contributed by atoms with Gasteiger partial charge in [-0.2, -0.15) is 5.10 Å². The lowest BCUT2D eigenvalue weighted by molar-refractivity contribution is 0.0591. The van der Waals surface area contributed by atoms with Crippen LogP contribution in [0.25, 0.3) is 0 Å². The highest BCUT2D eigenvalue weighted by Gasteiger charge is 2.26. The fourth-order valence-corrected chi connectivity index (χ4v) is 1.73. The lowest BCUT2D eigenvalue weighted by Crippen LogP contribution is -2.20. The van der Waals surface area contributed by atoms with Crippen LogP contribution in [0.4, 0.5) is 5.82 Å². The van der Waals surface area contributed by atoms with Gasteiger partial charge in [0.05, 0.1) is 13.2 Å². The van der Waals surface area contributed by atoms with E-state index in [1.165, 1.54) is 13.5 Å². The SMILES string of the molecule is COC(=O)c1nn(C2CCC2)c(N)c1C. The molecule has 2 rings (SSSR count). The van der Waals surface area contributed by atoms with Gasteiger partial charge in [0.25, 0.3) is 0 Å². The van der Waals surface area contributed by atoms with Crippen LogP contribution in [-0.4, -0.2) is 22.9 Å². The summed E-state index contributed by atoms with van der Waals surface area (Å²) >= 11 is 0. The summed E-state index contributed by atoms with van der Waals surface area (Å²) in [6.45, 7) is 1.80. The van der Waals surface area contributed by atoms with Gasteiger partial charge in [0.15, 0.2) is 5.69 Å². The molecule has 0 bridgehead atoms. The zero-order valence-electron chi connectivity index (χ0n) is 8.99. The maximum atomic E-state index is 11.4. The summed E-state index contributed by atoms with van der Waals surface area (Å²) in [6, 6.07) is 0.363. The fourth-order valence-electron chi connectivity index (χ4n) is 1.73. The summed E-state index contributed by atoms with van der Waals surface area (Å²) in [5.74, 6) is 0.164. The van der Waals surface area contributed by atoms with Crippen molar-refractivity contribution in [3.8, 4) is 0 Å². The minimum absolute atomic E-state index is 0.335. The summed E-state index contributed by atoms with van der Waals surface area (Å²) in [7, 11) is 1.35. The van der Waals surface area contributed by atoms with Gasteiger partial charge in [0.2, 0.25) is 0 Å². The normalized spacial score (nSPS) is 16.1. The summed E-state index contributed by atoms with van der Waals surface area (Å²) < 4.78 is 6.40. The first kappa shape index (κ1) is 10.0. The molecule has 1 heterocycles. The predicted molar refractivity (Wildman–Crippen MR) is 55.6 cm³/mol. The molecule has 0 spiro atoms. The number of aromatic nitrogens is 2. The number of nitrogens with two attached hydrogens (primary N) is 1. The van der Waals surface area contributed by atoms with Crippen molar-refractivity contribution < 1.29 is 9.53 Å². The molecule has 1 aliphatic rings. The van der Waals surface area contributed by atoms with Crippen molar-refractivity contribution in [2.24, 2.45) is 0 Å². The molecule has 5 nitrogen and oxygen atoms in total. The highest BCUT2D eigenvalue weighted by molar-refractivity contribution is 5.90. The standard InChI is InChI=1S/C10H15N3O2/c1-6-8(10(14)15-2)12-13(9(6)11)7-4-3-5-7/h7H,3-5,11H2,1-2H3. The van der Waals surface area contributed by atoms with E-state index in [1.807, 2.05) is 0 Å². The maximum Gasteiger partial charge on any atom is 0.358 e. The van der Waals surface area contributed by atoms with Crippen molar-refractivity contribution in [1.29, 1.82) is 0 Å². The van der Waals surface area contributed by atoms with Gasteiger partial charge >= 0.3 is 5.97 Å². The second kappa shape index (κ2) is 3.56. The van der Waals surface area contributed by atoms with Gasteiger partial charge in [-0.1, -0.05) is 0 Å². The van der Waals surface area contributed by atoms with Crippen molar-refractivity contribution in [1.82, 2.24) is 9.78 Å². The molecule has 15 heavy (non-hydrogen) atoms. The van der Waals surface area contributed by atoms with Crippen LogP contribution in [0.1, 0.15) is 41.4 Å². The molecule has 0 unspecified atom stereocenters. The van der Waals surface area contributed by atoms with Crippen molar-refractivity contribution >= 4 is 11.8 Å². The number of carbonyl (C=O) groups excluding carboxylic acids is 1. The van der Waals surface area contributed by atoms with Crippen molar-refractivity contribution in [2.75, 3.05) is 12.8 Å². The fraction of sp³-hybridized carbons (Fsp3) is 0.600. The van der Waals surface area contributed by atoms with Gasteiger partial charge in [-0.3, -0.25) is 0 Å². The van der Waals surface area contributed by atoms with Gasteiger partial charge in [-0.15, -0.1) is 0 Å². The van der Waals surface area contributed by atoms with E-state index in [4.69, 9.17) is 5.73 Å². The Labute approximate surface area is 88.2 Å². The first-order valence-corrected chi connectivity index (χ1v) is 5.08. The van der Waals surface area contributed by atoms with Crippen molar-refractivity contribution in [2.45, 2.75) is 32.2 Å². The van der Waals surface area contributed by atoms with Crippen LogP contribution in [0.2, 0.25) is 0 Å². The first-order chi connectivity index (χ1) is 7.15. The Kier molecular flexibility index (Phi) is 2.38. The molecule has 0 amide bonds. The highest BCUT2D eigenvalue weighted by atomic mass is 16.5.